The van der Waals surface area contributed by atoms with Crippen molar-refractivity contribution in [1.29, 1.82) is 0 Å². The minimum absolute atomic E-state index is 0.277. The Bertz CT molecular complexity index is 1640. The number of nitrogens with zero attached hydrogens (tertiary/aromatic N) is 3. The summed E-state index contributed by atoms with van der Waals surface area (Å²) in [5.74, 6) is 0. The summed E-state index contributed by atoms with van der Waals surface area (Å²) < 4.78 is 0. The van der Waals surface area contributed by atoms with Crippen molar-refractivity contribution >= 4 is 33.4 Å². The van der Waals surface area contributed by atoms with E-state index in [1.165, 1.54) is 33.0 Å². The fourth-order valence-corrected chi connectivity index (χ4v) is 5.99. The molecule has 1 aromatic heterocycles. The van der Waals surface area contributed by atoms with Gasteiger partial charge in [0.1, 0.15) is 0 Å². The molecule has 1 atom stereocenters. The molecular formula is C38H36ClN3. The number of pyridine rings is 1. The molecule has 0 amide bonds. The van der Waals surface area contributed by atoms with E-state index in [4.69, 9.17) is 11.6 Å². The highest BCUT2D eigenvalue weighted by Gasteiger charge is 2.26. The molecule has 1 aliphatic rings. The van der Waals surface area contributed by atoms with Crippen LogP contribution in [-0.4, -0.2) is 41.0 Å². The lowest BCUT2D eigenvalue weighted by atomic mass is 9.96. The Morgan fingerprint density at radius 1 is 0.619 bits per heavy atom. The molecule has 42 heavy (non-hydrogen) atoms. The van der Waals surface area contributed by atoms with Gasteiger partial charge in [0, 0.05) is 48.5 Å². The summed E-state index contributed by atoms with van der Waals surface area (Å²) in [6.07, 6.45) is 0. The van der Waals surface area contributed by atoms with Gasteiger partial charge >= 0.3 is 0 Å². The Morgan fingerprint density at radius 2 is 1.21 bits per heavy atom. The molecule has 1 fully saturated rings. The molecule has 0 saturated carbocycles. The van der Waals surface area contributed by atoms with Gasteiger partial charge < -0.3 is 0 Å². The number of halogens is 1. The van der Waals surface area contributed by atoms with E-state index in [2.05, 4.69) is 107 Å². The van der Waals surface area contributed by atoms with E-state index in [9.17, 15) is 0 Å². The lowest BCUT2D eigenvalue weighted by Gasteiger charge is -2.40. The first-order valence-electron chi connectivity index (χ1n) is 14.7. The van der Waals surface area contributed by atoms with Gasteiger partial charge in [-0.15, -0.1) is 0 Å². The zero-order chi connectivity index (χ0) is 28.7. The number of piperazine rings is 1. The Morgan fingerprint density at radius 3 is 1.86 bits per heavy atom. The summed E-state index contributed by atoms with van der Waals surface area (Å²) >= 11 is 6.14. The van der Waals surface area contributed by atoms with Crippen LogP contribution in [0.1, 0.15) is 28.3 Å². The number of hydrogen-bond donors (Lipinski definition) is 0. The maximum Gasteiger partial charge on any atom is 0.0709 e. The van der Waals surface area contributed by atoms with Gasteiger partial charge in [-0.25, -0.2) is 4.98 Å². The molecule has 1 unspecified atom stereocenters. The molecule has 4 heteroatoms. The highest BCUT2D eigenvalue weighted by molar-refractivity contribution is 6.30. The molecule has 0 bridgehead atoms. The molecular weight excluding hydrogens is 534 g/mol. The van der Waals surface area contributed by atoms with Crippen LogP contribution < -0.4 is 0 Å². The molecule has 210 valence electrons. The average molecular weight is 570 g/mol. The molecule has 0 spiro atoms. The second-order valence-corrected chi connectivity index (χ2v) is 11.5. The number of benzene rings is 5. The largest absolute Gasteiger partial charge is 0.297 e. The summed E-state index contributed by atoms with van der Waals surface area (Å²) in [6, 6.07) is 46.9. The van der Waals surface area contributed by atoms with Crippen molar-refractivity contribution in [3.05, 3.63) is 161 Å². The van der Waals surface area contributed by atoms with Gasteiger partial charge in [0.05, 0.1) is 17.1 Å². The Balaban J connectivity index is 0.000000187. The molecule has 6 aromatic rings. The van der Waals surface area contributed by atoms with E-state index in [1.54, 1.807) is 0 Å². The minimum Gasteiger partial charge on any atom is -0.297 e. The highest BCUT2D eigenvalue weighted by Crippen LogP contribution is 2.30. The van der Waals surface area contributed by atoms with Crippen molar-refractivity contribution < 1.29 is 0 Å². The first kappa shape index (κ1) is 28.1. The number of hydrogen-bond acceptors (Lipinski definition) is 3. The van der Waals surface area contributed by atoms with Crippen molar-refractivity contribution in [2.75, 3.05) is 26.2 Å². The number of aromatic nitrogens is 1. The third kappa shape index (κ3) is 6.88. The average Bonchev–Trinajstić information content (AvgIpc) is 3.03. The van der Waals surface area contributed by atoms with Crippen molar-refractivity contribution in [3.63, 3.8) is 0 Å². The van der Waals surface area contributed by atoms with E-state index in [1.807, 2.05) is 48.5 Å². The Labute approximate surface area is 254 Å². The van der Waals surface area contributed by atoms with Crippen LogP contribution in [0.3, 0.4) is 0 Å². The zero-order valence-corrected chi connectivity index (χ0v) is 24.8. The van der Waals surface area contributed by atoms with E-state index < -0.39 is 0 Å². The summed E-state index contributed by atoms with van der Waals surface area (Å²) in [5, 5.41) is 3.19. The van der Waals surface area contributed by atoms with Crippen LogP contribution in [0.4, 0.5) is 0 Å². The van der Waals surface area contributed by atoms with Gasteiger partial charge in [0.2, 0.25) is 0 Å². The standard InChI is InChI=1S/C25H27ClN2.C13H9N/c1-20-6-5-7-21(18-20)19-27-14-16-28(17-15-27)25(22-8-3-2-4-9-22)23-10-12-24(26)13-11-23;1-3-7-12-10(5-1)9-11-6-2-4-8-13(11)14-12/h2-13,18,25H,14-17,19H2,1H3;1-9H. The molecule has 2 heterocycles. The summed E-state index contributed by atoms with van der Waals surface area (Å²) in [6.45, 7) is 7.50. The van der Waals surface area contributed by atoms with Crippen LogP contribution >= 0.6 is 11.6 Å². The van der Waals surface area contributed by atoms with Crippen LogP contribution in [0.15, 0.2) is 133 Å². The first-order valence-corrected chi connectivity index (χ1v) is 15.1. The van der Waals surface area contributed by atoms with E-state index in [0.29, 0.717) is 0 Å². The minimum atomic E-state index is 0.277. The van der Waals surface area contributed by atoms with Crippen LogP contribution in [-0.2, 0) is 6.54 Å². The van der Waals surface area contributed by atoms with Gasteiger partial charge in [0.15, 0.2) is 0 Å². The first-order chi connectivity index (χ1) is 20.6. The van der Waals surface area contributed by atoms with Crippen LogP contribution in [0.5, 0.6) is 0 Å². The maximum absolute atomic E-state index is 6.14. The van der Waals surface area contributed by atoms with Crippen molar-refractivity contribution in [3.8, 4) is 0 Å². The fourth-order valence-electron chi connectivity index (χ4n) is 5.86. The van der Waals surface area contributed by atoms with Gasteiger partial charge in [-0.2, -0.15) is 0 Å². The summed E-state index contributed by atoms with van der Waals surface area (Å²) in [7, 11) is 0. The number of para-hydroxylation sites is 2. The SMILES string of the molecule is Cc1cccc(CN2CCN(C(c3ccccc3)c3ccc(Cl)cc3)CC2)c1.c1ccc2nc3ccccc3cc2c1. The fraction of sp³-hybridized carbons (Fsp3) is 0.184. The second kappa shape index (κ2) is 13.3. The quantitative estimate of drug-likeness (QED) is 0.193. The Hall–Kier alpha value is -4.02. The molecule has 7 rings (SSSR count). The maximum atomic E-state index is 6.14. The molecule has 1 aliphatic heterocycles. The predicted octanol–water partition coefficient (Wildman–Crippen LogP) is 8.94. The monoisotopic (exact) mass is 569 g/mol. The third-order valence-corrected chi connectivity index (χ3v) is 8.24. The van der Waals surface area contributed by atoms with E-state index in [-0.39, 0.29) is 6.04 Å². The second-order valence-electron chi connectivity index (χ2n) is 11.0. The van der Waals surface area contributed by atoms with Crippen molar-refractivity contribution in [2.24, 2.45) is 0 Å². The van der Waals surface area contributed by atoms with Gasteiger partial charge in [-0.05, 0) is 53.9 Å². The molecule has 3 nitrogen and oxygen atoms in total. The summed E-state index contributed by atoms with van der Waals surface area (Å²) in [4.78, 5) is 9.74. The van der Waals surface area contributed by atoms with E-state index >= 15 is 0 Å². The predicted molar refractivity (Wildman–Crippen MR) is 177 cm³/mol. The number of fused-ring (bicyclic) bond motifs is 2. The lowest BCUT2D eigenvalue weighted by Crippen LogP contribution is -2.47. The zero-order valence-electron chi connectivity index (χ0n) is 24.0. The number of rotatable bonds is 5. The molecule has 0 radical (unpaired) electrons. The van der Waals surface area contributed by atoms with Gasteiger partial charge in [0.25, 0.3) is 0 Å². The Kier molecular flexibility index (Phi) is 8.91. The highest BCUT2D eigenvalue weighted by atomic mass is 35.5. The molecule has 1 saturated heterocycles. The topological polar surface area (TPSA) is 19.4 Å². The van der Waals surface area contributed by atoms with Gasteiger partial charge in [-0.3, -0.25) is 9.80 Å². The third-order valence-electron chi connectivity index (χ3n) is 7.99. The van der Waals surface area contributed by atoms with Crippen molar-refractivity contribution in [2.45, 2.75) is 19.5 Å². The molecule has 0 N–H and O–H groups in total. The van der Waals surface area contributed by atoms with Crippen LogP contribution in [0.25, 0.3) is 21.8 Å². The smallest absolute Gasteiger partial charge is 0.0709 e. The van der Waals surface area contributed by atoms with Crippen LogP contribution in [0, 0.1) is 6.92 Å². The summed E-state index contributed by atoms with van der Waals surface area (Å²) in [5.41, 5.74) is 7.52. The molecule has 0 aliphatic carbocycles. The van der Waals surface area contributed by atoms with Crippen LogP contribution in [0.2, 0.25) is 5.02 Å². The van der Waals surface area contributed by atoms with Crippen molar-refractivity contribution in [1.82, 2.24) is 14.8 Å². The van der Waals surface area contributed by atoms with E-state index in [0.717, 1.165) is 48.8 Å². The molecule has 5 aromatic carbocycles. The normalized spacial score (nSPS) is 14.8. The number of aryl methyl sites for hydroxylation is 1. The lowest BCUT2D eigenvalue weighted by molar-refractivity contribution is 0.105. The van der Waals surface area contributed by atoms with Gasteiger partial charge in [-0.1, -0.05) is 120 Å².